The molecule has 0 rings (SSSR count). The maximum absolute atomic E-state index is 9.09. The highest BCUT2D eigenvalue weighted by molar-refractivity contribution is 4.72. The van der Waals surface area contributed by atoms with E-state index in [0.717, 1.165) is 19.0 Å². The van der Waals surface area contributed by atoms with Crippen molar-refractivity contribution in [2.45, 2.75) is 59.4 Å². The standard InChI is InChI=1S/C13H29NO/c1-5-12(6-2)11-14(9-10-15)13(7-3)8-4/h12-13,15H,5-11H2,1-4H3. The lowest BCUT2D eigenvalue weighted by Crippen LogP contribution is -2.39. The van der Waals surface area contributed by atoms with E-state index in [1.165, 1.54) is 25.7 Å². The van der Waals surface area contributed by atoms with E-state index in [-0.39, 0.29) is 6.61 Å². The van der Waals surface area contributed by atoms with Gasteiger partial charge in [0.05, 0.1) is 6.61 Å². The molecule has 0 atom stereocenters. The first-order chi connectivity index (χ1) is 7.23. The van der Waals surface area contributed by atoms with E-state index in [1.54, 1.807) is 0 Å². The molecule has 0 amide bonds. The minimum Gasteiger partial charge on any atom is -0.395 e. The van der Waals surface area contributed by atoms with Crippen LogP contribution in [0.15, 0.2) is 0 Å². The second-order valence-corrected chi connectivity index (χ2v) is 4.37. The van der Waals surface area contributed by atoms with E-state index in [4.69, 9.17) is 5.11 Å². The summed E-state index contributed by atoms with van der Waals surface area (Å²) in [4.78, 5) is 2.47. The molecular weight excluding hydrogens is 186 g/mol. The van der Waals surface area contributed by atoms with E-state index in [2.05, 4.69) is 32.6 Å². The highest BCUT2D eigenvalue weighted by Crippen LogP contribution is 2.15. The van der Waals surface area contributed by atoms with Crippen molar-refractivity contribution in [3.05, 3.63) is 0 Å². The first kappa shape index (κ1) is 14.9. The molecule has 0 aromatic heterocycles. The maximum atomic E-state index is 9.09. The summed E-state index contributed by atoms with van der Waals surface area (Å²) in [5.74, 6) is 0.789. The molecule has 2 heteroatoms. The van der Waals surface area contributed by atoms with E-state index in [0.29, 0.717) is 6.04 Å². The average Bonchev–Trinajstić information content (AvgIpc) is 2.27. The Morgan fingerprint density at radius 2 is 1.47 bits per heavy atom. The predicted molar refractivity (Wildman–Crippen MR) is 67.1 cm³/mol. The van der Waals surface area contributed by atoms with Crippen LogP contribution in [-0.2, 0) is 0 Å². The number of rotatable bonds is 9. The molecule has 0 saturated heterocycles. The monoisotopic (exact) mass is 215 g/mol. The van der Waals surface area contributed by atoms with Gasteiger partial charge in [0.1, 0.15) is 0 Å². The van der Waals surface area contributed by atoms with E-state index < -0.39 is 0 Å². The van der Waals surface area contributed by atoms with Crippen LogP contribution in [-0.4, -0.2) is 35.7 Å². The van der Waals surface area contributed by atoms with Gasteiger partial charge in [-0.1, -0.05) is 40.5 Å². The SMILES string of the molecule is CCC(CC)CN(CCO)C(CC)CC. The number of aliphatic hydroxyl groups is 1. The Balaban J connectivity index is 4.22. The predicted octanol–water partition coefficient (Wildman–Crippen LogP) is 2.91. The van der Waals surface area contributed by atoms with Crippen molar-refractivity contribution in [2.24, 2.45) is 5.92 Å². The Morgan fingerprint density at radius 3 is 1.80 bits per heavy atom. The largest absolute Gasteiger partial charge is 0.395 e. The van der Waals surface area contributed by atoms with Crippen molar-refractivity contribution in [3.8, 4) is 0 Å². The van der Waals surface area contributed by atoms with Gasteiger partial charge in [-0.05, 0) is 18.8 Å². The van der Waals surface area contributed by atoms with Crippen LogP contribution in [0.5, 0.6) is 0 Å². The van der Waals surface area contributed by atoms with Crippen molar-refractivity contribution in [3.63, 3.8) is 0 Å². The molecule has 0 aliphatic carbocycles. The van der Waals surface area contributed by atoms with Crippen LogP contribution in [0, 0.1) is 5.92 Å². The van der Waals surface area contributed by atoms with Gasteiger partial charge < -0.3 is 5.11 Å². The molecule has 0 aromatic rings. The Labute approximate surface area is 95.7 Å². The summed E-state index contributed by atoms with van der Waals surface area (Å²) in [6.07, 6.45) is 4.88. The lowest BCUT2D eigenvalue weighted by molar-refractivity contribution is 0.121. The molecule has 1 N–H and O–H groups in total. The topological polar surface area (TPSA) is 23.5 Å². The molecule has 0 fully saturated rings. The van der Waals surface area contributed by atoms with Gasteiger partial charge in [0.25, 0.3) is 0 Å². The number of hydrogen-bond acceptors (Lipinski definition) is 2. The molecule has 15 heavy (non-hydrogen) atoms. The van der Waals surface area contributed by atoms with Gasteiger partial charge in [0.2, 0.25) is 0 Å². The first-order valence-electron chi connectivity index (χ1n) is 6.58. The van der Waals surface area contributed by atoms with E-state index in [1.807, 2.05) is 0 Å². The summed E-state index contributed by atoms with van der Waals surface area (Å²) >= 11 is 0. The number of aliphatic hydroxyl groups excluding tert-OH is 1. The van der Waals surface area contributed by atoms with Gasteiger partial charge in [-0.25, -0.2) is 0 Å². The quantitative estimate of drug-likeness (QED) is 0.639. The van der Waals surface area contributed by atoms with Crippen LogP contribution in [0.3, 0.4) is 0 Å². The molecule has 2 nitrogen and oxygen atoms in total. The zero-order chi connectivity index (χ0) is 11.7. The summed E-state index contributed by atoms with van der Waals surface area (Å²) in [7, 11) is 0. The van der Waals surface area contributed by atoms with Gasteiger partial charge in [-0.3, -0.25) is 4.90 Å². The van der Waals surface area contributed by atoms with E-state index >= 15 is 0 Å². The Kier molecular flexibility index (Phi) is 9.12. The van der Waals surface area contributed by atoms with Crippen molar-refractivity contribution in [1.29, 1.82) is 0 Å². The number of hydrogen-bond donors (Lipinski definition) is 1. The molecule has 0 aliphatic rings. The fourth-order valence-electron chi connectivity index (χ4n) is 2.23. The highest BCUT2D eigenvalue weighted by Gasteiger charge is 2.17. The highest BCUT2D eigenvalue weighted by atomic mass is 16.3. The Hall–Kier alpha value is -0.0800. The molecule has 0 saturated carbocycles. The third kappa shape index (κ3) is 5.53. The molecule has 0 aromatic carbocycles. The zero-order valence-corrected chi connectivity index (χ0v) is 11.0. The summed E-state index contributed by atoms with van der Waals surface area (Å²) in [5, 5.41) is 9.09. The van der Waals surface area contributed by atoms with E-state index in [9.17, 15) is 0 Å². The van der Waals surface area contributed by atoms with Gasteiger partial charge in [0.15, 0.2) is 0 Å². The summed E-state index contributed by atoms with van der Waals surface area (Å²) in [6.45, 7) is 11.3. The van der Waals surface area contributed by atoms with Crippen molar-refractivity contribution in [2.75, 3.05) is 19.7 Å². The maximum Gasteiger partial charge on any atom is 0.0558 e. The molecule has 0 radical (unpaired) electrons. The minimum atomic E-state index is 0.288. The average molecular weight is 215 g/mol. The lowest BCUT2D eigenvalue weighted by Gasteiger charge is -2.32. The lowest BCUT2D eigenvalue weighted by atomic mass is 10.0. The van der Waals surface area contributed by atoms with Crippen molar-refractivity contribution < 1.29 is 5.11 Å². The van der Waals surface area contributed by atoms with Crippen LogP contribution >= 0.6 is 0 Å². The normalized spacial score (nSPS) is 12.0. The zero-order valence-electron chi connectivity index (χ0n) is 11.0. The molecule has 0 unspecified atom stereocenters. The number of nitrogens with zero attached hydrogens (tertiary/aromatic N) is 1. The van der Waals surface area contributed by atoms with Crippen LogP contribution in [0.25, 0.3) is 0 Å². The van der Waals surface area contributed by atoms with Gasteiger partial charge in [-0.15, -0.1) is 0 Å². The summed E-state index contributed by atoms with van der Waals surface area (Å²) in [6, 6.07) is 0.651. The fraction of sp³-hybridized carbons (Fsp3) is 1.00. The van der Waals surface area contributed by atoms with Crippen LogP contribution in [0.2, 0.25) is 0 Å². The molecule has 0 bridgehead atoms. The van der Waals surface area contributed by atoms with Crippen molar-refractivity contribution in [1.82, 2.24) is 4.90 Å². The molecule has 0 aliphatic heterocycles. The third-order valence-corrected chi connectivity index (χ3v) is 3.49. The Bertz CT molecular complexity index is 130. The van der Waals surface area contributed by atoms with Crippen molar-refractivity contribution >= 4 is 0 Å². The molecule has 92 valence electrons. The molecule has 0 heterocycles. The fourth-order valence-corrected chi connectivity index (χ4v) is 2.23. The third-order valence-electron chi connectivity index (χ3n) is 3.49. The second-order valence-electron chi connectivity index (χ2n) is 4.37. The summed E-state index contributed by atoms with van der Waals surface area (Å²) < 4.78 is 0. The van der Waals surface area contributed by atoms with Gasteiger partial charge in [-0.2, -0.15) is 0 Å². The van der Waals surface area contributed by atoms with Gasteiger partial charge >= 0.3 is 0 Å². The minimum absolute atomic E-state index is 0.288. The van der Waals surface area contributed by atoms with Crippen LogP contribution in [0.1, 0.15) is 53.4 Å². The molecular formula is C13H29NO. The van der Waals surface area contributed by atoms with Crippen LogP contribution < -0.4 is 0 Å². The van der Waals surface area contributed by atoms with Crippen LogP contribution in [0.4, 0.5) is 0 Å². The second kappa shape index (κ2) is 9.17. The Morgan fingerprint density at radius 1 is 0.933 bits per heavy atom. The smallest absolute Gasteiger partial charge is 0.0558 e. The van der Waals surface area contributed by atoms with Gasteiger partial charge in [0, 0.05) is 19.1 Å². The molecule has 0 spiro atoms. The summed E-state index contributed by atoms with van der Waals surface area (Å²) in [5.41, 5.74) is 0. The first-order valence-corrected chi connectivity index (χ1v) is 6.58.